The number of benzene rings is 2. The van der Waals surface area contributed by atoms with Gasteiger partial charge in [-0.1, -0.05) is 30.3 Å². The molecule has 1 amide bonds. The summed E-state index contributed by atoms with van der Waals surface area (Å²) >= 11 is 0. The minimum atomic E-state index is -0.995. The van der Waals surface area contributed by atoms with Crippen molar-refractivity contribution in [2.24, 2.45) is 0 Å². The van der Waals surface area contributed by atoms with Gasteiger partial charge in [-0.15, -0.1) is 0 Å². The molecule has 36 heavy (non-hydrogen) atoms. The van der Waals surface area contributed by atoms with Gasteiger partial charge in [-0.2, -0.15) is 5.10 Å². The van der Waals surface area contributed by atoms with Gasteiger partial charge >= 0.3 is 5.97 Å². The van der Waals surface area contributed by atoms with Crippen molar-refractivity contribution in [3.63, 3.8) is 0 Å². The van der Waals surface area contributed by atoms with Gasteiger partial charge in [0.05, 0.1) is 22.8 Å². The van der Waals surface area contributed by atoms with Gasteiger partial charge in [-0.05, 0) is 50.1 Å². The van der Waals surface area contributed by atoms with E-state index in [1.807, 2.05) is 37.3 Å². The molecule has 1 atom stereocenters. The number of aromatic nitrogens is 3. The van der Waals surface area contributed by atoms with Gasteiger partial charge in [0, 0.05) is 36.8 Å². The number of Topliss-reactive ketones (excluding diaryl/α,β-unsaturated/α-hetero) is 1. The summed E-state index contributed by atoms with van der Waals surface area (Å²) in [4.78, 5) is 44.7. The fourth-order valence-electron chi connectivity index (χ4n) is 4.60. The Morgan fingerprint density at radius 3 is 2.58 bits per heavy atom. The minimum Gasteiger partial charge on any atom is -0.451 e. The smallest absolute Gasteiger partial charge is 0.339 e. The maximum absolute atomic E-state index is 13.3. The second-order valence-electron chi connectivity index (χ2n) is 8.79. The van der Waals surface area contributed by atoms with Crippen LogP contribution in [-0.2, 0) is 22.5 Å². The van der Waals surface area contributed by atoms with Crippen LogP contribution >= 0.6 is 0 Å². The van der Waals surface area contributed by atoms with E-state index in [0.717, 1.165) is 16.8 Å². The molecule has 0 spiro atoms. The van der Waals surface area contributed by atoms with Crippen molar-refractivity contribution in [1.82, 2.24) is 14.8 Å². The predicted octanol–water partition coefficient (Wildman–Crippen LogP) is 4.46. The van der Waals surface area contributed by atoms with Crippen LogP contribution in [0.1, 0.15) is 47.1 Å². The normalized spacial score (nSPS) is 13.5. The van der Waals surface area contributed by atoms with Crippen molar-refractivity contribution >= 4 is 34.4 Å². The molecule has 2 aromatic heterocycles. The molecule has 0 radical (unpaired) electrons. The van der Waals surface area contributed by atoms with Crippen molar-refractivity contribution < 1.29 is 19.1 Å². The summed E-state index contributed by atoms with van der Waals surface area (Å²) in [6, 6.07) is 16.5. The second-order valence-corrected chi connectivity index (χ2v) is 8.79. The van der Waals surface area contributed by atoms with E-state index >= 15 is 0 Å². The van der Waals surface area contributed by atoms with Gasteiger partial charge in [0.25, 0.3) is 0 Å². The van der Waals surface area contributed by atoms with Gasteiger partial charge < -0.3 is 9.64 Å². The van der Waals surface area contributed by atoms with E-state index in [1.165, 1.54) is 6.92 Å². The topological polar surface area (TPSA) is 94.4 Å². The van der Waals surface area contributed by atoms with Gasteiger partial charge in [-0.3, -0.25) is 9.59 Å². The first-order chi connectivity index (χ1) is 17.4. The molecule has 1 unspecified atom stereocenters. The number of fused-ring (bicyclic) bond motifs is 2. The first kappa shape index (κ1) is 23.4. The third-order valence-electron chi connectivity index (χ3n) is 6.49. The number of anilines is 1. The zero-order valence-corrected chi connectivity index (χ0v) is 20.4. The summed E-state index contributed by atoms with van der Waals surface area (Å²) in [6.07, 6.45) is 1.29. The second kappa shape index (κ2) is 9.37. The zero-order valence-electron chi connectivity index (χ0n) is 20.4. The Kier molecular flexibility index (Phi) is 6.10. The first-order valence-corrected chi connectivity index (χ1v) is 12.0. The Balaban J connectivity index is 1.43. The maximum atomic E-state index is 13.3. The fraction of sp³-hybridized carbons (Fsp3) is 0.250. The van der Waals surface area contributed by atoms with Crippen molar-refractivity contribution in [1.29, 1.82) is 0 Å². The van der Waals surface area contributed by atoms with Gasteiger partial charge in [0.2, 0.25) is 11.7 Å². The summed E-state index contributed by atoms with van der Waals surface area (Å²) in [6.45, 7) is 6.24. The van der Waals surface area contributed by atoms with Crippen molar-refractivity contribution in [3.8, 4) is 11.3 Å². The molecule has 3 heterocycles. The van der Waals surface area contributed by atoms with Crippen LogP contribution in [-0.4, -0.2) is 45.1 Å². The average molecular weight is 483 g/mol. The maximum Gasteiger partial charge on any atom is 0.339 e. The quantitative estimate of drug-likeness (QED) is 0.298. The minimum absolute atomic E-state index is 0.0277. The molecule has 0 fully saturated rings. The molecular weight excluding hydrogens is 456 g/mol. The summed E-state index contributed by atoms with van der Waals surface area (Å²) in [5.41, 5.74) is 4.58. The molecule has 0 N–H and O–H groups in total. The Morgan fingerprint density at radius 1 is 1.08 bits per heavy atom. The van der Waals surface area contributed by atoms with E-state index in [2.05, 4.69) is 5.10 Å². The molecule has 0 bridgehead atoms. The van der Waals surface area contributed by atoms with Crippen LogP contribution in [0.2, 0.25) is 0 Å². The summed E-state index contributed by atoms with van der Waals surface area (Å²) < 4.78 is 7.38. The van der Waals surface area contributed by atoms with Crippen LogP contribution in [0.15, 0.2) is 60.8 Å². The lowest BCUT2D eigenvalue weighted by Gasteiger charge is -2.16. The first-order valence-electron chi connectivity index (χ1n) is 12.0. The molecule has 5 rings (SSSR count). The highest BCUT2D eigenvalue weighted by atomic mass is 16.5. The van der Waals surface area contributed by atoms with Crippen molar-refractivity contribution in [2.45, 2.75) is 39.8 Å². The third kappa shape index (κ3) is 4.15. The SMILES string of the molecule is CCn1ncc2c(C(=O)OC(C)C(=O)c3ccc4c(c3)CCN4C(C)=O)cc(-c3ccccc3)nc21. The fourth-order valence-corrected chi connectivity index (χ4v) is 4.60. The Morgan fingerprint density at radius 2 is 1.86 bits per heavy atom. The molecule has 0 aliphatic carbocycles. The number of rotatable bonds is 6. The number of nitrogens with zero attached hydrogens (tertiary/aromatic N) is 4. The van der Waals surface area contributed by atoms with Crippen LogP contribution in [0.4, 0.5) is 5.69 Å². The lowest BCUT2D eigenvalue weighted by molar-refractivity contribution is -0.116. The largest absolute Gasteiger partial charge is 0.451 e. The van der Waals surface area contributed by atoms with E-state index in [4.69, 9.17) is 9.72 Å². The van der Waals surface area contributed by atoms with Gasteiger partial charge in [0.15, 0.2) is 11.8 Å². The average Bonchev–Trinajstić information content (AvgIpc) is 3.51. The molecular formula is C28H26N4O4. The number of carbonyl (C=O) groups excluding carboxylic acids is 3. The number of amides is 1. The molecule has 1 aliphatic heterocycles. The highest BCUT2D eigenvalue weighted by Gasteiger charge is 2.27. The predicted molar refractivity (Wildman–Crippen MR) is 136 cm³/mol. The lowest BCUT2D eigenvalue weighted by atomic mass is 10.0. The Bertz CT molecular complexity index is 1490. The highest BCUT2D eigenvalue weighted by Crippen LogP contribution is 2.30. The number of ether oxygens (including phenoxy) is 1. The molecule has 1 aliphatic rings. The van der Waals surface area contributed by atoms with Gasteiger partial charge in [-0.25, -0.2) is 14.5 Å². The number of ketones is 1. The van der Waals surface area contributed by atoms with Crippen molar-refractivity contribution in [2.75, 3.05) is 11.4 Å². The molecule has 0 saturated carbocycles. The molecule has 8 nitrogen and oxygen atoms in total. The van der Waals surface area contributed by atoms with Crippen LogP contribution < -0.4 is 4.90 Å². The molecule has 0 saturated heterocycles. The Hall–Kier alpha value is -4.33. The molecule has 2 aromatic carbocycles. The van der Waals surface area contributed by atoms with Gasteiger partial charge in [0.1, 0.15) is 0 Å². The number of pyridine rings is 1. The number of hydrogen-bond acceptors (Lipinski definition) is 6. The molecule has 8 heteroatoms. The standard InChI is InChI=1S/C28H26N4O4/c1-4-32-27-23(16-29-32)22(15-24(30-27)19-8-6-5-7-9-19)28(35)36-17(2)26(34)21-10-11-25-20(14-21)12-13-31(25)18(3)33/h5-11,14-17H,4,12-13H2,1-3H3. The van der Waals surface area contributed by atoms with E-state index in [1.54, 1.807) is 47.0 Å². The summed E-state index contributed by atoms with van der Waals surface area (Å²) in [7, 11) is 0. The lowest BCUT2D eigenvalue weighted by Crippen LogP contribution is -2.26. The number of hydrogen-bond donors (Lipinski definition) is 0. The van der Waals surface area contributed by atoms with Crippen LogP contribution in [0.5, 0.6) is 0 Å². The number of aryl methyl sites for hydroxylation is 1. The van der Waals surface area contributed by atoms with E-state index in [0.29, 0.717) is 47.4 Å². The van der Waals surface area contributed by atoms with Crippen LogP contribution in [0.3, 0.4) is 0 Å². The number of carbonyl (C=O) groups is 3. The number of esters is 1. The monoisotopic (exact) mass is 482 g/mol. The highest BCUT2D eigenvalue weighted by molar-refractivity contribution is 6.06. The third-order valence-corrected chi connectivity index (χ3v) is 6.49. The van der Waals surface area contributed by atoms with Crippen LogP contribution in [0, 0.1) is 0 Å². The van der Waals surface area contributed by atoms with E-state index in [-0.39, 0.29) is 11.7 Å². The zero-order chi connectivity index (χ0) is 25.4. The molecule has 4 aromatic rings. The van der Waals surface area contributed by atoms with Crippen molar-refractivity contribution in [3.05, 3.63) is 77.5 Å². The Labute approximate surface area is 208 Å². The van der Waals surface area contributed by atoms with E-state index < -0.39 is 12.1 Å². The van der Waals surface area contributed by atoms with Crippen LogP contribution in [0.25, 0.3) is 22.3 Å². The summed E-state index contributed by atoms with van der Waals surface area (Å²) in [5.74, 6) is -0.940. The van der Waals surface area contributed by atoms with E-state index in [9.17, 15) is 14.4 Å². The molecule has 182 valence electrons. The summed E-state index contributed by atoms with van der Waals surface area (Å²) in [5, 5.41) is 4.93.